The number of hydrogen-bond acceptors (Lipinski definition) is 2. The SMILES string of the molecule is CCn1nccc1C1=CCCN(C)C1. The molecule has 0 N–H and O–H groups in total. The first-order valence-corrected chi connectivity index (χ1v) is 5.21. The van der Waals surface area contributed by atoms with Gasteiger partial charge in [0.2, 0.25) is 0 Å². The third-order valence-electron chi connectivity index (χ3n) is 2.69. The Bertz CT molecular complexity index is 338. The van der Waals surface area contributed by atoms with E-state index in [4.69, 9.17) is 0 Å². The van der Waals surface area contributed by atoms with Crippen molar-refractivity contribution in [1.82, 2.24) is 14.7 Å². The van der Waals surface area contributed by atoms with Gasteiger partial charge in [-0.3, -0.25) is 4.68 Å². The van der Waals surface area contributed by atoms with Gasteiger partial charge in [0.05, 0.1) is 5.69 Å². The summed E-state index contributed by atoms with van der Waals surface area (Å²) in [4.78, 5) is 2.35. The number of rotatable bonds is 2. The summed E-state index contributed by atoms with van der Waals surface area (Å²) in [6, 6.07) is 2.11. The molecule has 0 unspecified atom stereocenters. The lowest BCUT2D eigenvalue weighted by Crippen LogP contribution is -2.25. The number of hydrogen-bond donors (Lipinski definition) is 0. The third-order valence-corrected chi connectivity index (χ3v) is 2.69. The van der Waals surface area contributed by atoms with Gasteiger partial charge in [-0.1, -0.05) is 6.08 Å². The molecule has 1 aliphatic rings. The molecular formula is C11H17N3. The molecule has 0 aliphatic carbocycles. The van der Waals surface area contributed by atoms with Gasteiger partial charge in [-0.25, -0.2) is 0 Å². The lowest BCUT2D eigenvalue weighted by molar-refractivity contribution is 0.371. The van der Waals surface area contributed by atoms with Crippen LogP contribution in [0.2, 0.25) is 0 Å². The maximum absolute atomic E-state index is 4.29. The number of aromatic nitrogens is 2. The predicted octanol–water partition coefficient (Wildman–Crippen LogP) is 1.62. The molecule has 1 aromatic rings. The van der Waals surface area contributed by atoms with E-state index in [1.54, 1.807) is 0 Å². The molecule has 0 spiro atoms. The molecular weight excluding hydrogens is 174 g/mol. The summed E-state index contributed by atoms with van der Waals surface area (Å²) < 4.78 is 2.06. The Morgan fingerprint density at radius 3 is 3.07 bits per heavy atom. The van der Waals surface area contributed by atoms with Gasteiger partial charge in [0.25, 0.3) is 0 Å². The van der Waals surface area contributed by atoms with Gasteiger partial charge < -0.3 is 4.90 Å². The summed E-state index contributed by atoms with van der Waals surface area (Å²) in [6.07, 6.45) is 5.37. The molecule has 2 heterocycles. The van der Waals surface area contributed by atoms with Crippen LogP contribution in [0.25, 0.3) is 5.57 Å². The average Bonchev–Trinajstić information content (AvgIpc) is 2.65. The summed E-state index contributed by atoms with van der Waals surface area (Å²) in [5.74, 6) is 0. The van der Waals surface area contributed by atoms with E-state index in [0.717, 1.165) is 19.5 Å². The Balaban J connectivity index is 2.26. The smallest absolute Gasteiger partial charge is 0.0651 e. The first-order valence-electron chi connectivity index (χ1n) is 5.21. The van der Waals surface area contributed by atoms with Crippen LogP contribution in [-0.2, 0) is 6.54 Å². The molecule has 0 bridgehead atoms. The lowest BCUT2D eigenvalue weighted by atomic mass is 10.1. The van der Waals surface area contributed by atoms with E-state index in [9.17, 15) is 0 Å². The van der Waals surface area contributed by atoms with Gasteiger partial charge in [0.15, 0.2) is 0 Å². The Morgan fingerprint density at radius 2 is 2.36 bits per heavy atom. The van der Waals surface area contributed by atoms with Crippen molar-refractivity contribution < 1.29 is 0 Å². The van der Waals surface area contributed by atoms with Gasteiger partial charge in [-0.2, -0.15) is 5.10 Å². The van der Waals surface area contributed by atoms with Crippen molar-refractivity contribution in [2.45, 2.75) is 19.9 Å². The minimum Gasteiger partial charge on any atom is -0.302 e. The zero-order valence-electron chi connectivity index (χ0n) is 8.90. The molecule has 1 aliphatic heterocycles. The highest BCUT2D eigenvalue weighted by atomic mass is 15.3. The van der Waals surface area contributed by atoms with E-state index < -0.39 is 0 Å². The van der Waals surface area contributed by atoms with Crippen LogP contribution >= 0.6 is 0 Å². The largest absolute Gasteiger partial charge is 0.302 e. The summed E-state index contributed by atoms with van der Waals surface area (Å²) in [5.41, 5.74) is 2.69. The van der Waals surface area contributed by atoms with Gasteiger partial charge in [0, 0.05) is 25.8 Å². The second kappa shape index (κ2) is 3.96. The van der Waals surface area contributed by atoms with Crippen molar-refractivity contribution >= 4 is 5.57 Å². The van der Waals surface area contributed by atoms with Gasteiger partial charge in [-0.05, 0) is 32.0 Å². The highest BCUT2D eigenvalue weighted by Crippen LogP contribution is 2.19. The van der Waals surface area contributed by atoms with Crippen molar-refractivity contribution in [1.29, 1.82) is 0 Å². The normalized spacial score (nSPS) is 18.3. The standard InChI is InChI=1S/C11H17N3/c1-3-14-11(6-7-12-14)10-5-4-8-13(2)9-10/h5-7H,3-4,8-9H2,1-2H3. The fraction of sp³-hybridized carbons (Fsp3) is 0.545. The topological polar surface area (TPSA) is 21.1 Å². The molecule has 0 atom stereocenters. The van der Waals surface area contributed by atoms with Crippen LogP contribution in [-0.4, -0.2) is 34.8 Å². The monoisotopic (exact) mass is 191 g/mol. The quantitative estimate of drug-likeness (QED) is 0.708. The molecule has 1 aromatic heterocycles. The van der Waals surface area contributed by atoms with Crippen molar-refractivity contribution in [3.05, 3.63) is 24.0 Å². The van der Waals surface area contributed by atoms with Crippen molar-refractivity contribution in [3.63, 3.8) is 0 Å². The molecule has 0 saturated heterocycles. The van der Waals surface area contributed by atoms with Crippen LogP contribution in [0.3, 0.4) is 0 Å². The van der Waals surface area contributed by atoms with E-state index in [1.165, 1.54) is 17.8 Å². The van der Waals surface area contributed by atoms with Gasteiger partial charge >= 0.3 is 0 Å². The number of likely N-dealkylation sites (N-methyl/N-ethyl adjacent to an activating group) is 1. The molecule has 14 heavy (non-hydrogen) atoms. The van der Waals surface area contributed by atoms with Crippen molar-refractivity contribution in [3.8, 4) is 0 Å². The van der Waals surface area contributed by atoms with E-state index >= 15 is 0 Å². The number of aryl methyl sites for hydroxylation is 1. The Labute approximate surface area is 85.0 Å². The Hall–Kier alpha value is -1.09. The minimum atomic E-state index is 0.948. The van der Waals surface area contributed by atoms with E-state index in [1.807, 2.05) is 6.20 Å². The molecule has 0 aromatic carbocycles. The average molecular weight is 191 g/mol. The predicted molar refractivity (Wildman–Crippen MR) is 58.0 cm³/mol. The van der Waals surface area contributed by atoms with Crippen LogP contribution in [0.5, 0.6) is 0 Å². The van der Waals surface area contributed by atoms with Gasteiger partial charge in [-0.15, -0.1) is 0 Å². The summed E-state index contributed by atoms with van der Waals surface area (Å²) in [6.45, 7) is 5.29. The van der Waals surface area contributed by atoms with Crippen LogP contribution in [0.4, 0.5) is 0 Å². The highest BCUT2D eigenvalue weighted by molar-refractivity contribution is 5.64. The number of nitrogens with zero attached hydrogens (tertiary/aromatic N) is 3. The maximum Gasteiger partial charge on any atom is 0.0651 e. The summed E-state index contributed by atoms with van der Waals surface area (Å²) in [5, 5.41) is 4.29. The molecule has 0 radical (unpaired) electrons. The second-order valence-corrected chi connectivity index (χ2v) is 3.79. The third kappa shape index (κ3) is 1.73. The molecule has 76 valence electrons. The van der Waals surface area contributed by atoms with Gasteiger partial charge in [0.1, 0.15) is 0 Å². The Kier molecular flexibility index (Phi) is 2.68. The minimum absolute atomic E-state index is 0.948. The first kappa shape index (κ1) is 9.46. The molecule has 2 rings (SSSR count). The zero-order chi connectivity index (χ0) is 9.97. The maximum atomic E-state index is 4.29. The van der Waals surface area contributed by atoms with E-state index in [0.29, 0.717) is 0 Å². The molecule has 0 saturated carbocycles. The van der Waals surface area contributed by atoms with Crippen LogP contribution in [0, 0.1) is 0 Å². The fourth-order valence-electron chi connectivity index (χ4n) is 1.94. The van der Waals surface area contributed by atoms with Crippen LogP contribution in [0.15, 0.2) is 18.3 Å². The zero-order valence-corrected chi connectivity index (χ0v) is 8.90. The Morgan fingerprint density at radius 1 is 1.50 bits per heavy atom. The molecule has 3 nitrogen and oxygen atoms in total. The lowest BCUT2D eigenvalue weighted by Gasteiger charge is -2.23. The van der Waals surface area contributed by atoms with E-state index in [-0.39, 0.29) is 0 Å². The highest BCUT2D eigenvalue weighted by Gasteiger charge is 2.12. The van der Waals surface area contributed by atoms with Crippen LogP contribution < -0.4 is 0 Å². The van der Waals surface area contributed by atoms with Crippen LogP contribution in [0.1, 0.15) is 19.0 Å². The molecule has 0 amide bonds. The second-order valence-electron chi connectivity index (χ2n) is 3.79. The molecule has 3 heteroatoms. The first-order chi connectivity index (χ1) is 6.81. The van der Waals surface area contributed by atoms with Crippen molar-refractivity contribution in [2.75, 3.05) is 20.1 Å². The molecule has 0 fully saturated rings. The summed E-state index contributed by atoms with van der Waals surface area (Å²) >= 11 is 0. The van der Waals surface area contributed by atoms with Crippen molar-refractivity contribution in [2.24, 2.45) is 0 Å². The fourth-order valence-corrected chi connectivity index (χ4v) is 1.94. The summed E-state index contributed by atoms with van der Waals surface area (Å²) in [7, 11) is 2.17. The van der Waals surface area contributed by atoms with E-state index in [2.05, 4.69) is 40.8 Å².